The van der Waals surface area contributed by atoms with Crippen LogP contribution in [0.4, 0.5) is 4.79 Å². The lowest BCUT2D eigenvalue weighted by atomic mass is 9.74. The number of carbonyl (C=O) groups excluding carboxylic acids is 3. The molecule has 0 saturated carbocycles. The van der Waals surface area contributed by atoms with E-state index in [2.05, 4.69) is 5.32 Å². The van der Waals surface area contributed by atoms with Gasteiger partial charge in [0.25, 0.3) is 0 Å². The first-order valence-corrected chi connectivity index (χ1v) is 27.7. The molecular formula is C57H89N3O17. The number of esters is 1. The summed E-state index contributed by atoms with van der Waals surface area (Å²) in [5.74, 6) is -5.40. The fourth-order valence-electron chi connectivity index (χ4n) is 12.5. The van der Waals surface area contributed by atoms with Gasteiger partial charge in [-0.05, 0) is 132 Å². The van der Waals surface area contributed by atoms with Crippen LogP contribution in [0.15, 0.2) is 29.2 Å². The monoisotopic (exact) mass is 1090 g/mol. The molecule has 0 aliphatic carbocycles. The number of nitrogens with zero attached hydrogens (tertiary/aromatic N) is 2. The van der Waals surface area contributed by atoms with E-state index in [1.54, 1.807) is 52.4 Å². The van der Waals surface area contributed by atoms with Crippen molar-refractivity contribution in [2.45, 2.75) is 212 Å². The predicted octanol–water partition coefficient (Wildman–Crippen LogP) is 6.29. The minimum absolute atomic E-state index is 0.123. The van der Waals surface area contributed by atoms with Gasteiger partial charge >= 0.3 is 18.1 Å². The van der Waals surface area contributed by atoms with E-state index in [-0.39, 0.29) is 42.8 Å². The number of benzene rings is 1. The number of methoxy groups -OCH3 is 2. The molecule has 1 aromatic heterocycles. The number of aliphatic hydroxyl groups excluding tert-OH is 1. The van der Waals surface area contributed by atoms with E-state index in [9.17, 15) is 34.2 Å². The Bertz CT molecular complexity index is 2420. The van der Waals surface area contributed by atoms with Gasteiger partial charge in [0.05, 0.1) is 53.0 Å². The van der Waals surface area contributed by atoms with E-state index in [1.165, 1.54) is 13.3 Å². The number of nitrogens with one attached hydrogen (secondary N) is 1. The van der Waals surface area contributed by atoms with Crippen molar-refractivity contribution < 1.29 is 76.8 Å². The molecule has 77 heavy (non-hydrogen) atoms. The summed E-state index contributed by atoms with van der Waals surface area (Å²) in [4.78, 5) is 68.9. The second-order valence-electron chi connectivity index (χ2n) is 22.9. The Kier molecular flexibility index (Phi) is 21.0. The number of Topliss-reactive ketones (excluding diaryl/α,β-unsaturated/α-hetero) is 1. The van der Waals surface area contributed by atoms with Gasteiger partial charge in [-0.3, -0.25) is 14.4 Å². The molecule has 434 valence electrons. The van der Waals surface area contributed by atoms with Gasteiger partial charge in [-0.1, -0.05) is 33.8 Å². The van der Waals surface area contributed by atoms with Gasteiger partial charge in [-0.25, -0.2) is 9.59 Å². The van der Waals surface area contributed by atoms with Crippen molar-refractivity contribution in [1.82, 2.24) is 14.8 Å². The number of ether oxygens (including phenoxy) is 10. The minimum Gasteiger partial charge on any atom is -0.477 e. The number of carbonyl (C=O) groups is 4. The smallest absolute Gasteiger partial charge is 0.477 e. The standard InChI is InChI=1S/C57H89N3O17/c1-16-42-57(11)49(76-54(67)77-57)33(5)44(61)31(3)28-55(9,68-14)48(75-53-46(63)41(59(12)13)26-32(4)71-53)34(6)47(35(7)52(66)73-42)74-43-29-56(10,69-15)50(36(8)72-43)70-25-19-24-58-23-18-20-37-21-22-40-38(27-37)45(62)39(51(64)65)30-60(40)17-2/h21-22,27,30-36,41-43,46-50,53,58,63H,16-20,23-26,28-29H2,1-15H3,(H,64,65)/t31-,32-,33-,34+,35+,36-,41+,42-,43+,46+,47+,48-,49+,50+,53+,55+,56-,57-/m0/s1. The van der Waals surface area contributed by atoms with Crippen LogP contribution in [-0.2, 0) is 69.9 Å². The number of fused-ring (bicyclic) bond motifs is 2. The van der Waals surface area contributed by atoms with Crippen molar-refractivity contribution in [1.29, 1.82) is 0 Å². The second kappa shape index (κ2) is 26.0. The van der Waals surface area contributed by atoms with Crippen LogP contribution in [0.3, 0.4) is 0 Å². The molecule has 18 atom stereocenters. The highest BCUT2D eigenvalue weighted by Gasteiger charge is 2.59. The Balaban J connectivity index is 1.19. The molecule has 0 bridgehead atoms. The zero-order valence-electron chi connectivity index (χ0n) is 48.2. The lowest BCUT2D eigenvalue weighted by Crippen LogP contribution is -2.61. The lowest BCUT2D eigenvalue weighted by Gasteiger charge is -2.50. The van der Waals surface area contributed by atoms with Crippen LogP contribution in [-0.4, -0.2) is 176 Å². The molecule has 0 radical (unpaired) electrons. The van der Waals surface area contributed by atoms with Crippen molar-refractivity contribution >= 4 is 34.8 Å². The van der Waals surface area contributed by atoms with Gasteiger partial charge < -0.3 is 72.4 Å². The van der Waals surface area contributed by atoms with E-state index in [4.69, 9.17) is 47.4 Å². The number of rotatable bonds is 19. The fourth-order valence-corrected chi connectivity index (χ4v) is 12.5. The molecule has 4 saturated heterocycles. The number of aromatic nitrogens is 1. The van der Waals surface area contributed by atoms with Crippen LogP contribution >= 0.6 is 0 Å². The number of aryl methyl sites for hydroxylation is 2. The Morgan fingerprint density at radius 3 is 2.19 bits per heavy atom. The highest BCUT2D eigenvalue weighted by atomic mass is 16.8. The number of aliphatic hydroxyl groups is 1. The topological polar surface area (TPSA) is 238 Å². The third kappa shape index (κ3) is 13.6. The predicted molar refractivity (Wildman–Crippen MR) is 285 cm³/mol. The summed E-state index contributed by atoms with van der Waals surface area (Å²) in [6.45, 7) is 22.3. The average molecular weight is 1090 g/mol. The van der Waals surface area contributed by atoms with Gasteiger partial charge in [0.2, 0.25) is 5.43 Å². The largest absolute Gasteiger partial charge is 0.509 e. The summed E-state index contributed by atoms with van der Waals surface area (Å²) >= 11 is 0. The highest BCUT2D eigenvalue weighted by molar-refractivity contribution is 5.92. The Morgan fingerprint density at radius 2 is 1.56 bits per heavy atom. The third-order valence-electron chi connectivity index (χ3n) is 17.0. The first kappa shape index (κ1) is 62.1. The number of hydrogen-bond acceptors (Lipinski definition) is 18. The van der Waals surface area contributed by atoms with Crippen LogP contribution in [0.2, 0.25) is 0 Å². The first-order valence-electron chi connectivity index (χ1n) is 27.7. The summed E-state index contributed by atoms with van der Waals surface area (Å²) < 4.78 is 65.9. The summed E-state index contributed by atoms with van der Waals surface area (Å²) in [7, 11) is 6.93. The van der Waals surface area contributed by atoms with Crippen molar-refractivity contribution in [3.8, 4) is 0 Å². The summed E-state index contributed by atoms with van der Waals surface area (Å²) in [5.41, 5.74) is -2.75. The van der Waals surface area contributed by atoms with E-state index in [0.29, 0.717) is 56.4 Å². The van der Waals surface area contributed by atoms with E-state index in [0.717, 1.165) is 12.0 Å². The number of aromatic carboxylic acids is 1. The molecule has 1 aromatic carbocycles. The molecule has 6 rings (SSSR count). The van der Waals surface area contributed by atoms with Crippen LogP contribution in [0.5, 0.6) is 0 Å². The van der Waals surface area contributed by atoms with Gasteiger partial charge in [0.1, 0.15) is 29.7 Å². The van der Waals surface area contributed by atoms with Gasteiger partial charge in [-0.15, -0.1) is 0 Å². The zero-order chi connectivity index (χ0) is 56.9. The normalized spacial score (nSPS) is 37.5. The Labute approximate surface area is 454 Å². The molecule has 0 unspecified atom stereocenters. The van der Waals surface area contributed by atoms with Crippen molar-refractivity contribution in [3.05, 3.63) is 45.7 Å². The maximum atomic E-state index is 14.8. The SMILES string of the molecule is CC[C@@H]1OC(=O)[C@H](C)[C@H](O[C@@H]2C[C@](C)(OC)[C@H](OCCCNCCCc3ccc4c(c3)c(=O)c(C(=O)O)cn4CC)[C@H](C)O2)[C@@H](C)[C@H](O[C@H]2O[C@@H](C)C[C@@H](N(C)C)[C@H]2O)[C@](C)(OC)C[C@H](C)C(=O)[C@H](C)[C@H]2OC(=O)O[C@@]12C. The second-order valence-corrected chi connectivity index (χ2v) is 22.9. The first-order chi connectivity index (χ1) is 36.3. The molecule has 4 fully saturated rings. The van der Waals surface area contributed by atoms with Crippen LogP contribution in [0.1, 0.15) is 131 Å². The molecule has 4 aliphatic rings. The molecule has 0 amide bonds. The highest BCUT2D eigenvalue weighted by Crippen LogP contribution is 2.44. The molecular weight excluding hydrogens is 999 g/mol. The molecule has 2 aromatic rings. The van der Waals surface area contributed by atoms with Crippen molar-refractivity contribution in [2.24, 2.45) is 23.7 Å². The van der Waals surface area contributed by atoms with E-state index >= 15 is 0 Å². The Morgan fingerprint density at radius 1 is 0.883 bits per heavy atom. The van der Waals surface area contributed by atoms with Crippen molar-refractivity contribution in [2.75, 3.05) is 48.0 Å². The number of ketones is 1. The maximum Gasteiger partial charge on any atom is 0.509 e. The minimum atomic E-state index is -1.50. The van der Waals surface area contributed by atoms with Crippen LogP contribution in [0.25, 0.3) is 10.9 Å². The lowest BCUT2D eigenvalue weighted by molar-refractivity contribution is -0.322. The molecule has 3 N–H and O–H groups in total. The molecule has 4 aliphatic heterocycles. The van der Waals surface area contributed by atoms with E-state index in [1.807, 2.05) is 72.7 Å². The number of hydrogen-bond donors (Lipinski definition) is 3. The molecule has 0 spiro atoms. The van der Waals surface area contributed by atoms with Gasteiger partial charge in [-0.2, -0.15) is 0 Å². The van der Waals surface area contributed by atoms with Crippen LogP contribution < -0.4 is 10.7 Å². The molecule has 5 heterocycles. The zero-order valence-corrected chi connectivity index (χ0v) is 48.2. The van der Waals surface area contributed by atoms with Crippen molar-refractivity contribution in [3.63, 3.8) is 0 Å². The molecule has 20 nitrogen and oxygen atoms in total. The average Bonchev–Trinajstić information content (AvgIpc) is 3.74. The number of cyclic esters (lactones) is 1. The quantitative estimate of drug-likeness (QED) is 0.103. The fraction of sp³-hybridized carbons (Fsp3) is 0.772. The van der Waals surface area contributed by atoms with E-state index < -0.39 is 119 Å². The maximum absolute atomic E-state index is 14.8. The van der Waals surface area contributed by atoms with Crippen LogP contribution in [0, 0.1) is 23.7 Å². The number of pyridine rings is 1. The number of carboxylic acid groups (broad SMARTS) is 1. The third-order valence-corrected chi connectivity index (χ3v) is 17.0. The number of likely N-dealkylation sites (N-methyl/N-ethyl adjacent to an activating group) is 1. The van der Waals surface area contributed by atoms with Gasteiger partial charge in [0.15, 0.2) is 24.3 Å². The Hall–Kier alpha value is -4.09. The summed E-state index contributed by atoms with van der Waals surface area (Å²) in [6, 6.07) is 5.35. The van der Waals surface area contributed by atoms with Gasteiger partial charge in [0, 0.05) is 63.3 Å². The summed E-state index contributed by atoms with van der Waals surface area (Å²) in [6.07, 6.45) is -4.84. The number of carboxylic acids is 1. The summed E-state index contributed by atoms with van der Waals surface area (Å²) in [5, 5.41) is 25.3. The molecule has 20 heteroatoms.